The standard InChI is InChI=1S/C25H27N3O4S/c1-2-3-14-32-19-8-4-7-18(16-19)22-21(23(29)20-9-5-15-33-20)24(30)25(31)28(22)12-6-11-27-13-10-26-17-27/h4-5,7-10,13,15-17,22,30H,2-3,6,11-12,14H2,1H3. The Morgan fingerprint density at radius 2 is 2.09 bits per heavy atom. The number of benzene rings is 1. The van der Waals surface area contributed by atoms with E-state index in [0.29, 0.717) is 36.7 Å². The van der Waals surface area contributed by atoms with E-state index in [2.05, 4.69) is 11.9 Å². The summed E-state index contributed by atoms with van der Waals surface area (Å²) in [6.07, 6.45) is 7.91. The van der Waals surface area contributed by atoms with E-state index in [1.54, 1.807) is 29.6 Å². The summed E-state index contributed by atoms with van der Waals surface area (Å²) in [6, 6.07) is 10.3. The summed E-state index contributed by atoms with van der Waals surface area (Å²) in [5, 5.41) is 12.6. The van der Waals surface area contributed by atoms with Gasteiger partial charge in [0, 0.05) is 25.5 Å². The molecule has 172 valence electrons. The molecule has 2 aromatic heterocycles. The van der Waals surface area contributed by atoms with E-state index >= 15 is 0 Å². The zero-order valence-corrected chi connectivity index (χ0v) is 19.3. The number of aromatic nitrogens is 2. The number of hydrogen-bond donors (Lipinski definition) is 1. The molecule has 0 spiro atoms. The van der Waals surface area contributed by atoms with E-state index in [4.69, 9.17) is 4.74 Å². The van der Waals surface area contributed by atoms with Gasteiger partial charge in [0.1, 0.15) is 5.75 Å². The number of Topliss-reactive ketones (excluding diaryl/α,β-unsaturated/α-hetero) is 1. The first-order valence-corrected chi connectivity index (χ1v) is 12.0. The van der Waals surface area contributed by atoms with Gasteiger partial charge in [0.2, 0.25) is 5.78 Å². The number of imidazole rings is 1. The minimum Gasteiger partial charge on any atom is -0.503 e. The molecule has 0 bridgehead atoms. The van der Waals surface area contributed by atoms with Crippen molar-refractivity contribution in [3.63, 3.8) is 0 Å². The molecule has 8 heteroatoms. The fourth-order valence-electron chi connectivity index (χ4n) is 3.95. The smallest absolute Gasteiger partial charge is 0.290 e. The number of aliphatic hydroxyl groups is 1. The van der Waals surface area contributed by atoms with Gasteiger partial charge in [-0.2, -0.15) is 0 Å². The van der Waals surface area contributed by atoms with Crippen LogP contribution in [-0.2, 0) is 11.3 Å². The zero-order valence-electron chi connectivity index (χ0n) is 18.5. The molecule has 33 heavy (non-hydrogen) atoms. The van der Waals surface area contributed by atoms with Crippen molar-refractivity contribution in [1.29, 1.82) is 0 Å². The lowest BCUT2D eigenvalue weighted by Crippen LogP contribution is -2.32. The van der Waals surface area contributed by atoms with Crippen LogP contribution >= 0.6 is 11.3 Å². The maximum Gasteiger partial charge on any atom is 0.290 e. The molecule has 1 unspecified atom stereocenters. The molecular weight excluding hydrogens is 438 g/mol. The first kappa shape index (κ1) is 22.8. The molecule has 1 N–H and O–H groups in total. The van der Waals surface area contributed by atoms with Gasteiger partial charge >= 0.3 is 0 Å². The number of hydrogen-bond acceptors (Lipinski definition) is 6. The molecule has 0 saturated carbocycles. The normalized spacial score (nSPS) is 16.0. The first-order valence-electron chi connectivity index (χ1n) is 11.1. The van der Waals surface area contributed by atoms with Crippen LogP contribution in [0.4, 0.5) is 0 Å². The number of rotatable bonds is 11. The van der Waals surface area contributed by atoms with Crippen molar-refractivity contribution in [2.45, 2.75) is 38.8 Å². The van der Waals surface area contributed by atoms with Crippen LogP contribution < -0.4 is 4.74 Å². The predicted octanol–water partition coefficient (Wildman–Crippen LogP) is 4.79. The second-order valence-corrected chi connectivity index (χ2v) is 8.85. The number of aliphatic hydroxyl groups excluding tert-OH is 1. The highest BCUT2D eigenvalue weighted by Gasteiger charge is 2.43. The van der Waals surface area contributed by atoms with Crippen LogP contribution in [0.2, 0.25) is 0 Å². The number of carbonyl (C=O) groups excluding carboxylic acids is 2. The van der Waals surface area contributed by atoms with Gasteiger partial charge in [-0.15, -0.1) is 11.3 Å². The molecule has 1 aromatic carbocycles. The van der Waals surface area contributed by atoms with E-state index in [9.17, 15) is 14.7 Å². The third kappa shape index (κ3) is 5.01. The summed E-state index contributed by atoms with van der Waals surface area (Å²) >= 11 is 1.29. The third-order valence-corrected chi connectivity index (χ3v) is 6.48. The van der Waals surface area contributed by atoms with Gasteiger partial charge in [0.25, 0.3) is 5.91 Å². The van der Waals surface area contributed by atoms with E-state index < -0.39 is 17.7 Å². The molecule has 1 aliphatic rings. The number of thiophene rings is 1. The zero-order chi connectivity index (χ0) is 23.2. The Kier molecular flexibility index (Phi) is 7.24. The van der Waals surface area contributed by atoms with Crippen LogP contribution in [0.1, 0.15) is 47.5 Å². The number of aryl methyl sites for hydroxylation is 1. The Morgan fingerprint density at radius 3 is 2.82 bits per heavy atom. The minimum atomic E-state index is -0.676. The van der Waals surface area contributed by atoms with E-state index in [1.807, 2.05) is 40.4 Å². The van der Waals surface area contributed by atoms with Crippen LogP contribution in [0.25, 0.3) is 0 Å². The highest BCUT2D eigenvalue weighted by Crippen LogP contribution is 2.40. The lowest BCUT2D eigenvalue weighted by Gasteiger charge is -2.27. The van der Waals surface area contributed by atoms with E-state index in [0.717, 1.165) is 18.4 Å². The summed E-state index contributed by atoms with van der Waals surface area (Å²) < 4.78 is 7.79. The average molecular weight is 466 g/mol. The summed E-state index contributed by atoms with van der Waals surface area (Å²) in [5.74, 6) is -0.641. The summed E-state index contributed by atoms with van der Waals surface area (Å²) in [4.78, 5) is 32.5. The fraction of sp³-hybridized carbons (Fsp3) is 0.320. The van der Waals surface area contributed by atoms with Crippen molar-refractivity contribution in [2.75, 3.05) is 13.2 Å². The second-order valence-electron chi connectivity index (χ2n) is 7.90. The molecule has 0 fully saturated rings. The third-order valence-electron chi connectivity index (χ3n) is 5.61. The van der Waals surface area contributed by atoms with Crippen molar-refractivity contribution in [3.8, 4) is 5.75 Å². The number of ketones is 1. The largest absolute Gasteiger partial charge is 0.503 e. The number of amides is 1. The predicted molar refractivity (Wildman–Crippen MR) is 126 cm³/mol. The van der Waals surface area contributed by atoms with Gasteiger partial charge in [-0.25, -0.2) is 4.98 Å². The molecule has 3 aromatic rings. The highest BCUT2D eigenvalue weighted by molar-refractivity contribution is 7.12. The Bertz CT molecular complexity index is 1120. The van der Waals surface area contributed by atoms with Crippen molar-refractivity contribution in [1.82, 2.24) is 14.5 Å². The van der Waals surface area contributed by atoms with Gasteiger partial charge in [-0.05, 0) is 42.0 Å². The summed E-state index contributed by atoms with van der Waals surface area (Å²) in [5.41, 5.74) is 0.861. The number of unbranched alkanes of at least 4 members (excludes halogenated alkanes) is 1. The molecule has 0 aliphatic carbocycles. The molecule has 1 aliphatic heterocycles. The van der Waals surface area contributed by atoms with Gasteiger partial charge in [-0.1, -0.05) is 31.5 Å². The van der Waals surface area contributed by atoms with Crippen molar-refractivity contribution in [3.05, 3.63) is 82.3 Å². The van der Waals surface area contributed by atoms with Crippen molar-refractivity contribution >= 4 is 23.0 Å². The van der Waals surface area contributed by atoms with Gasteiger partial charge < -0.3 is 19.3 Å². The Hall–Kier alpha value is -3.39. The van der Waals surface area contributed by atoms with Gasteiger partial charge in [-0.3, -0.25) is 9.59 Å². The van der Waals surface area contributed by atoms with Crippen LogP contribution in [0.3, 0.4) is 0 Å². The SMILES string of the molecule is CCCCOc1cccc(C2C(C(=O)c3cccs3)=C(O)C(=O)N2CCCn2ccnc2)c1. The summed E-state index contributed by atoms with van der Waals surface area (Å²) in [6.45, 7) is 3.75. The molecular formula is C25H27N3O4S. The fourth-order valence-corrected chi connectivity index (χ4v) is 4.63. The van der Waals surface area contributed by atoms with E-state index in [-0.39, 0.29) is 11.4 Å². The topological polar surface area (TPSA) is 84.7 Å². The molecule has 3 heterocycles. The molecule has 0 saturated heterocycles. The van der Waals surface area contributed by atoms with Crippen LogP contribution in [-0.4, -0.2) is 44.4 Å². The maximum absolute atomic E-state index is 13.3. The minimum absolute atomic E-state index is 0.121. The number of carbonyl (C=O) groups is 2. The molecule has 0 radical (unpaired) electrons. The summed E-state index contributed by atoms with van der Waals surface area (Å²) in [7, 11) is 0. The van der Waals surface area contributed by atoms with Gasteiger partial charge in [0.05, 0.1) is 29.4 Å². The highest BCUT2D eigenvalue weighted by atomic mass is 32.1. The van der Waals surface area contributed by atoms with Crippen LogP contribution in [0.15, 0.2) is 71.8 Å². The quantitative estimate of drug-likeness (QED) is 0.325. The van der Waals surface area contributed by atoms with Crippen LogP contribution in [0.5, 0.6) is 5.75 Å². The van der Waals surface area contributed by atoms with Gasteiger partial charge in [0.15, 0.2) is 5.76 Å². The Morgan fingerprint density at radius 1 is 1.21 bits per heavy atom. The van der Waals surface area contributed by atoms with Crippen molar-refractivity contribution in [2.24, 2.45) is 0 Å². The Balaban J connectivity index is 1.64. The lowest BCUT2D eigenvalue weighted by atomic mass is 9.95. The van der Waals surface area contributed by atoms with Crippen LogP contribution in [0, 0.1) is 0 Å². The Labute approximate surface area is 196 Å². The number of ether oxygens (including phenoxy) is 1. The monoisotopic (exact) mass is 465 g/mol. The van der Waals surface area contributed by atoms with E-state index in [1.165, 1.54) is 11.3 Å². The first-order chi connectivity index (χ1) is 16.1. The molecule has 7 nitrogen and oxygen atoms in total. The number of nitrogens with zero attached hydrogens (tertiary/aromatic N) is 3. The molecule has 4 rings (SSSR count). The molecule has 1 amide bonds. The molecule has 1 atom stereocenters. The second kappa shape index (κ2) is 10.5. The van der Waals surface area contributed by atoms with Crippen molar-refractivity contribution < 1.29 is 19.4 Å². The average Bonchev–Trinajstić information content (AvgIpc) is 3.58. The lowest BCUT2D eigenvalue weighted by molar-refractivity contribution is -0.129. The maximum atomic E-state index is 13.3.